The average Bonchev–Trinajstić information content (AvgIpc) is 2.72. The molecule has 4 nitrogen and oxygen atoms in total. The third-order valence-electron chi connectivity index (χ3n) is 4.09. The second kappa shape index (κ2) is 6.98. The normalized spacial score (nSPS) is 16.8. The molecule has 120 valence electrons. The summed E-state index contributed by atoms with van der Waals surface area (Å²) >= 11 is 4.32. The fourth-order valence-corrected chi connectivity index (χ4v) is 3.12. The molecule has 0 unspecified atom stereocenters. The fraction of sp³-hybridized carbons (Fsp3) is 0.222. The summed E-state index contributed by atoms with van der Waals surface area (Å²) in [7, 11) is 0. The van der Waals surface area contributed by atoms with Gasteiger partial charge in [0.25, 0.3) is 0 Å². The van der Waals surface area contributed by atoms with Crippen LogP contribution in [0.4, 0.5) is 5.69 Å². The summed E-state index contributed by atoms with van der Waals surface area (Å²) in [6, 6.07) is 18.7. The molecular weight excluding hydrogens is 304 g/mol. The molecule has 5 heteroatoms. The van der Waals surface area contributed by atoms with Crippen LogP contribution in [0.1, 0.15) is 11.1 Å². The highest BCUT2D eigenvalue weighted by Crippen LogP contribution is 2.33. The molecule has 2 aromatic carbocycles. The molecule has 4 N–H and O–H groups in total. The number of benzene rings is 2. The van der Waals surface area contributed by atoms with E-state index in [-0.39, 0.29) is 0 Å². The zero-order valence-corrected chi connectivity index (χ0v) is 13.9. The summed E-state index contributed by atoms with van der Waals surface area (Å²) in [5.41, 5.74) is 11.3. The van der Waals surface area contributed by atoms with Crippen molar-refractivity contribution in [3.63, 3.8) is 0 Å². The number of hydrazine groups is 1. The summed E-state index contributed by atoms with van der Waals surface area (Å²) < 4.78 is 0. The standard InChI is InChI=1S/C18H22N4S/c19-16(13-23)18-15-8-4-5-9-17(15)21(10-11-22(18)20)12-14-6-2-1-3-7-14/h1-9,23H,10-13,19-20H2/b18-16-. The van der Waals surface area contributed by atoms with E-state index < -0.39 is 0 Å². The van der Waals surface area contributed by atoms with Crippen molar-refractivity contribution in [1.29, 1.82) is 0 Å². The Morgan fingerprint density at radius 1 is 1.00 bits per heavy atom. The maximum Gasteiger partial charge on any atom is 0.0806 e. The predicted octanol–water partition coefficient (Wildman–Crippen LogP) is 2.44. The van der Waals surface area contributed by atoms with Crippen LogP contribution in [0.3, 0.4) is 0 Å². The first-order valence-corrected chi connectivity index (χ1v) is 8.34. The molecular formula is C18H22N4S. The van der Waals surface area contributed by atoms with E-state index >= 15 is 0 Å². The van der Waals surface area contributed by atoms with E-state index in [4.69, 9.17) is 11.6 Å². The predicted molar refractivity (Wildman–Crippen MR) is 99.8 cm³/mol. The largest absolute Gasteiger partial charge is 0.400 e. The van der Waals surface area contributed by atoms with Gasteiger partial charge in [0.2, 0.25) is 0 Å². The van der Waals surface area contributed by atoms with Crippen LogP contribution in [-0.2, 0) is 6.54 Å². The number of para-hydroxylation sites is 1. The lowest BCUT2D eigenvalue weighted by Crippen LogP contribution is -2.36. The van der Waals surface area contributed by atoms with Gasteiger partial charge in [-0.05, 0) is 11.6 Å². The molecule has 3 rings (SSSR count). The van der Waals surface area contributed by atoms with Crippen molar-refractivity contribution in [2.75, 3.05) is 23.7 Å². The van der Waals surface area contributed by atoms with Gasteiger partial charge in [0, 0.05) is 35.8 Å². The van der Waals surface area contributed by atoms with Crippen LogP contribution in [0, 0.1) is 0 Å². The van der Waals surface area contributed by atoms with E-state index in [1.165, 1.54) is 5.56 Å². The third kappa shape index (κ3) is 3.30. The highest BCUT2D eigenvalue weighted by Gasteiger charge is 2.23. The summed E-state index contributed by atoms with van der Waals surface area (Å²) in [6.07, 6.45) is 0. The molecule has 23 heavy (non-hydrogen) atoms. The Kier molecular flexibility index (Phi) is 4.79. The number of nitrogens with zero attached hydrogens (tertiary/aromatic N) is 2. The zero-order chi connectivity index (χ0) is 16.2. The third-order valence-corrected chi connectivity index (χ3v) is 4.43. The summed E-state index contributed by atoms with van der Waals surface area (Å²) in [4.78, 5) is 2.35. The molecule has 0 aromatic heterocycles. The molecule has 0 radical (unpaired) electrons. The highest BCUT2D eigenvalue weighted by atomic mass is 32.1. The van der Waals surface area contributed by atoms with E-state index in [9.17, 15) is 0 Å². The molecule has 0 aliphatic carbocycles. The fourth-order valence-electron chi connectivity index (χ4n) is 2.97. The van der Waals surface area contributed by atoms with Gasteiger partial charge in [-0.15, -0.1) is 0 Å². The topological polar surface area (TPSA) is 58.5 Å². The van der Waals surface area contributed by atoms with E-state index in [2.05, 4.69) is 60.0 Å². The van der Waals surface area contributed by atoms with Crippen LogP contribution in [-0.4, -0.2) is 23.9 Å². The molecule has 0 spiro atoms. The van der Waals surface area contributed by atoms with Gasteiger partial charge >= 0.3 is 0 Å². The number of hydrogen-bond donors (Lipinski definition) is 3. The maximum atomic E-state index is 6.26. The van der Waals surface area contributed by atoms with Crippen molar-refractivity contribution in [3.05, 3.63) is 71.4 Å². The summed E-state index contributed by atoms with van der Waals surface area (Å²) in [5.74, 6) is 6.74. The Balaban J connectivity index is 2.03. The molecule has 0 fully saturated rings. The Bertz CT molecular complexity index is 699. The van der Waals surface area contributed by atoms with Gasteiger partial charge < -0.3 is 15.6 Å². The van der Waals surface area contributed by atoms with Gasteiger partial charge in [0.1, 0.15) is 0 Å². The number of fused-ring (bicyclic) bond motifs is 1. The van der Waals surface area contributed by atoms with Crippen molar-refractivity contribution in [1.82, 2.24) is 5.01 Å². The maximum absolute atomic E-state index is 6.26. The molecule has 0 bridgehead atoms. The molecule has 2 aromatic rings. The highest BCUT2D eigenvalue weighted by molar-refractivity contribution is 7.80. The number of thiol groups is 1. The Labute approximate surface area is 142 Å². The summed E-state index contributed by atoms with van der Waals surface area (Å²) in [5, 5.41) is 1.75. The smallest absolute Gasteiger partial charge is 0.0806 e. The van der Waals surface area contributed by atoms with Gasteiger partial charge in [0.15, 0.2) is 0 Å². The van der Waals surface area contributed by atoms with Crippen molar-refractivity contribution >= 4 is 24.0 Å². The first kappa shape index (κ1) is 15.8. The van der Waals surface area contributed by atoms with Crippen molar-refractivity contribution < 1.29 is 0 Å². The second-order valence-electron chi connectivity index (χ2n) is 5.65. The Morgan fingerprint density at radius 3 is 2.43 bits per heavy atom. The molecule has 0 atom stereocenters. The van der Waals surface area contributed by atoms with Crippen molar-refractivity contribution in [3.8, 4) is 0 Å². The SMILES string of the molecule is N/C(CS)=C1/c2ccccc2N(Cc2ccccc2)CCN1N. The molecule has 1 heterocycles. The minimum atomic E-state index is 0.482. The number of rotatable bonds is 3. The molecule has 1 aliphatic rings. The first-order chi connectivity index (χ1) is 11.2. The average molecular weight is 326 g/mol. The van der Waals surface area contributed by atoms with Crippen molar-refractivity contribution in [2.24, 2.45) is 11.6 Å². The van der Waals surface area contributed by atoms with Crippen molar-refractivity contribution in [2.45, 2.75) is 6.54 Å². The van der Waals surface area contributed by atoms with Crippen LogP contribution in [0.25, 0.3) is 5.70 Å². The van der Waals surface area contributed by atoms with E-state index in [0.717, 1.165) is 30.0 Å². The van der Waals surface area contributed by atoms with Crippen LogP contribution in [0.2, 0.25) is 0 Å². The van der Waals surface area contributed by atoms with Crippen LogP contribution >= 0.6 is 12.6 Å². The van der Waals surface area contributed by atoms with Gasteiger partial charge in [-0.1, -0.05) is 48.5 Å². The Hall–Kier alpha value is -2.11. The summed E-state index contributed by atoms with van der Waals surface area (Å²) in [6.45, 7) is 2.40. The van der Waals surface area contributed by atoms with E-state index in [0.29, 0.717) is 18.0 Å². The second-order valence-corrected chi connectivity index (χ2v) is 5.97. The zero-order valence-electron chi connectivity index (χ0n) is 13.0. The van der Waals surface area contributed by atoms with Crippen LogP contribution in [0.15, 0.2) is 60.3 Å². The monoisotopic (exact) mass is 326 g/mol. The molecule has 1 aliphatic heterocycles. The van der Waals surface area contributed by atoms with E-state index in [1.807, 2.05) is 12.1 Å². The lowest BCUT2D eigenvalue weighted by atomic mass is 10.1. The number of anilines is 1. The molecule has 0 saturated heterocycles. The van der Waals surface area contributed by atoms with E-state index in [1.54, 1.807) is 5.01 Å². The molecule has 0 amide bonds. The van der Waals surface area contributed by atoms with Crippen LogP contribution in [0.5, 0.6) is 0 Å². The lowest BCUT2D eigenvalue weighted by Gasteiger charge is -2.24. The lowest BCUT2D eigenvalue weighted by molar-refractivity contribution is 0.423. The Morgan fingerprint density at radius 2 is 1.70 bits per heavy atom. The van der Waals surface area contributed by atoms with Gasteiger partial charge in [-0.25, -0.2) is 5.84 Å². The van der Waals surface area contributed by atoms with Gasteiger partial charge in [-0.2, -0.15) is 12.6 Å². The number of hydrogen-bond acceptors (Lipinski definition) is 5. The van der Waals surface area contributed by atoms with Gasteiger partial charge in [-0.3, -0.25) is 0 Å². The minimum Gasteiger partial charge on any atom is -0.400 e. The minimum absolute atomic E-state index is 0.482. The van der Waals surface area contributed by atoms with Crippen LogP contribution < -0.4 is 16.5 Å². The quantitative estimate of drug-likeness (QED) is 0.599. The van der Waals surface area contributed by atoms with Gasteiger partial charge in [0.05, 0.1) is 12.2 Å². The first-order valence-electron chi connectivity index (χ1n) is 7.70. The number of nitrogens with two attached hydrogens (primary N) is 2. The molecule has 0 saturated carbocycles.